The lowest BCUT2D eigenvalue weighted by atomic mass is 9.88. The van der Waals surface area contributed by atoms with Crippen LogP contribution >= 0.6 is 0 Å². The summed E-state index contributed by atoms with van der Waals surface area (Å²) in [6.07, 6.45) is -13.1. The van der Waals surface area contributed by atoms with Crippen molar-refractivity contribution in [3.63, 3.8) is 0 Å². The predicted molar refractivity (Wildman–Crippen MR) is 87.5 cm³/mol. The summed E-state index contributed by atoms with van der Waals surface area (Å²) in [6, 6.07) is 3.95. The Bertz CT molecular complexity index is 864. The van der Waals surface area contributed by atoms with Crippen molar-refractivity contribution in [2.45, 2.75) is 67.6 Å². The molecule has 0 aliphatic carbocycles. The number of para-hydroxylation sites is 1. The second kappa shape index (κ2) is 9.42. The molecule has 0 bridgehead atoms. The highest BCUT2D eigenvalue weighted by atomic mass is 19.4. The number of hydrogen-bond donors (Lipinski definition) is 1. The number of halogens is 15. The number of aliphatic hydroxyl groups is 1. The lowest BCUT2D eigenvalue weighted by Crippen LogP contribution is -2.72. The summed E-state index contributed by atoms with van der Waals surface area (Å²) in [5.74, 6) is -47.6. The minimum absolute atomic E-state index is 0.136. The maximum Gasteiger partial charge on any atom is 0.460 e. The first-order valence-corrected chi connectivity index (χ1v) is 9.17. The first kappa shape index (κ1) is 31.0. The van der Waals surface area contributed by atoms with E-state index >= 15 is 0 Å². The fraction of sp³-hybridized carbons (Fsp3) is 0.667. The summed E-state index contributed by atoms with van der Waals surface area (Å²) in [5.41, 5.74) is -0.763. The number of rotatable bonds is 11. The van der Waals surface area contributed by atoms with Crippen LogP contribution in [0.3, 0.4) is 0 Å². The van der Waals surface area contributed by atoms with Crippen LogP contribution in [0.25, 0.3) is 0 Å². The summed E-state index contributed by atoms with van der Waals surface area (Å²) in [4.78, 5) is 0. The van der Waals surface area contributed by atoms with Gasteiger partial charge < -0.3 is 9.84 Å². The van der Waals surface area contributed by atoms with Crippen LogP contribution in [0.15, 0.2) is 24.3 Å². The zero-order chi connectivity index (χ0) is 27.9. The second-order valence-electron chi connectivity index (χ2n) is 7.18. The van der Waals surface area contributed by atoms with Crippen LogP contribution < -0.4 is 4.74 Å². The van der Waals surface area contributed by atoms with Gasteiger partial charge in [-0.25, -0.2) is 0 Å². The van der Waals surface area contributed by atoms with Gasteiger partial charge in [-0.2, -0.15) is 65.9 Å². The van der Waals surface area contributed by atoms with Gasteiger partial charge in [-0.1, -0.05) is 25.1 Å². The molecule has 1 N–H and O–H groups in total. The summed E-state index contributed by atoms with van der Waals surface area (Å²) in [5, 5.41) is 9.82. The molecule has 1 aromatic rings. The average molecular weight is 548 g/mol. The smallest absolute Gasteiger partial charge is 0.460 e. The molecule has 0 radical (unpaired) electrons. The van der Waals surface area contributed by atoms with Crippen LogP contribution in [0.5, 0.6) is 5.75 Å². The largest absolute Gasteiger partial charge is 0.493 e. The van der Waals surface area contributed by atoms with Crippen LogP contribution in [-0.4, -0.2) is 53.4 Å². The van der Waals surface area contributed by atoms with Gasteiger partial charge in [0, 0.05) is 12.0 Å². The molecule has 1 rings (SSSR count). The number of alkyl halides is 15. The summed E-state index contributed by atoms with van der Waals surface area (Å²) < 4.78 is 204. The van der Waals surface area contributed by atoms with Gasteiger partial charge in [-0.05, 0) is 12.5 Å². The minimum atomic E-state index is -8.36. The van der Waals surface area contributed by atoms with Crippen molar-refractivity contribution in [3.05, 3.63) is 29.8 Å². The zero-order valence-corrected chi connectivity index (χ0v) is 17.0. The molecule has 0 fully saturated rings. The Kier molecular flexibility index (Phi) is 8.34. The van der Waals surface area contributed by atoms with Crippen molar-refractivity contribution < 1.29 is 75.7 Å². The van der Waals surface area contributed by atoms with Gasteiger partial charge in [-0.3, -0.25) is 0 Å². The van der Waals surface area contributed by atoms with Crippen LogP contribution in [0.2, 0.25) is 0 Å². The van der Waals surface area contributed by atoms with E-state index in [1.807, 2.05) is 0 Å². The summed E-state index contributed by atoms with van der Waals surface area (Å²) >= 11 is 0. The van der Waals surface area contributed by atoms with E-state index in [9.17, 15) is 71.0 Å². The molecule has 0 spiro atoms. The standard InChI is InChI=1S/C18H15F15O2/c1-2-7-35-11-6-4-3-5-9(11)10(34)8-12(19,20)13(21,22)14(23,24)15(25,26)16(27,28)17(29,30)18(31,32)33/h3-6,10,34H,2,7-8H2,1H3. The van der Waals surface area contributed by atoms with E-state index < -0.39 is 65.5 Å². The molecule has 17 heteroatoms. The molecule has 204 valence electrons. The Morgan fingerprint density at radius 1 is 0.686 bits per heavy atom. The molecule has 0 saturated heterocycles. The van der Waals surface area contributed by atoms with Gasteiger partial charge in [0.05, 0.1) is 12.7 Å². The second-order valence-corrected chi connectivity index (χ2v) is 7.18. The van der Waals surface area contributed by atoms with Crippen molar-refractivity contribution in [3.8, 4) is 5.75 Å². The van der Waals surface area contributed by atoms with Gasteiger partial charge in [-0.15, -0.1) is 0 Å². The van der Waals surface area contributed by atoms with Crippen LogP contribution in [0.1, 0.15) is 31.4 Å². The van der Waals surface area contributed by atoms with E-state index in [1.165, 1.54) is 6.07 Å². The molecule has 2 nitrogen and oxygen atoms in total. The third-order valence-electron chi connectivity index (χ3n) is 4.58. The topological polar surface area (TPSA) is 29.5 Å². The first-order chi connectivity index (χ1) is 15.4. The Morgan fingerprint density at radius 3 is 1.57 bits per heavy atom. The Morgan fingerprint density at radius 2 is 1.11 bits per heavy atom. The summed E-state index contributed by atoms with van der Waals surface area (Å²) in [7, 11) is 0. The minimum Gasteiger partial charge on any atom is -0.493 e. The van der Waals surface area contributed by atoms with E-state index in [0.29, 0.717) is 0 Å². The molecule has 0 amide bonds. The van der Waals surface area contributed by atoms with E-state index in [2.05, 4.69) is 0 Å². The van der Waals surface area contributed by atoms with E-state index in [1.54, 1.807) is 6.92 Å². The zero-order valence-electron chi connectivity index (χ0n) is 17.0. The Balaban J connectivity index is 3.45. The van der Waals surface area contributed by atoms with Gasteiger partial charge in [0.2, 0.25) is 0 Å². The molecular formula is C18H15F15O2. The number of hydrogen-bond acceptors (Lipinski definition) is 2. The SMILES string of the molecule is CCCOc1ccccc1C(O)CC(F)(F)C(F)(F)C(F)(F)C(F)(F)C(F)(F)C(F)(F)C(F)(F)F. The quantitative estimate of drug-likeness (QED) is 0.295. The van der Waals surface area contributed by atoms with Crippen molar-refractivity contribution in [2.75, 3.05) is 6.61 Å². The number of aliphatic hydroxyl groups excluding tert-OH is 1. The van der Waals surface area contributed by atoms with Gasteiger partial charge in [0.15, 0.2) is 0 Å². The first-order valence-electron chi connectivity index (χ1n) is 9.17. The van der Waals surface area contributed by atoms with Crippen molar-refractivity contribution in [1.82, 2.24) is 0 Å². The van der Waals surface area contributed by atoms with Gasteiger partial charge in [0.1, 0.15) is 5.75 Å². The highest BCUT2D eigenvalue weighted by Gasteiger charge is 2.93. The maximum absolute atomic E-state index is 14.0. The van der Waals surface area contributed by atoms with Crippen molar-refractivity contribution >= 4 is 0 Å². The molecule has 0 aliphatic rings. The third-order valence-corrected chi connectivity index (χ3v) is 4.58. The monoisotopic (exact) mass is 548 g/mol. The number of ether oxygens (including phenoxy) is 1. The molecule has 0 aromatic heterocycles. The van der Waals surface area contributed by atoms with Gasteiger partial charge >= 0.3 is 41.7 Å². The molecule has 1 aromatic carbocycles. The molecule has 1 atom stereocenters. The molecule has 0 heterocycles. The lowest BCUT2D eigenvalue weighted by Gasteiger charge is -2.41. The Labute approximate surface area is 186 Å². The number of benzene rings is 1. The van der Waals surface area contributed by atoms with Crippen molar-refractivity contribution in [1.29, 1.82) is 0 Å². The maximum atomic E-state index is 14.0. The highest BCUT2D eigenvalue weighted by Crippen LogP contribution is 2.63. The Hall–Kier alpha value is -2.07. The van der Waals surface area contributed by atoms with Gasteiger partial charge in [0.25, 0.3) is 0 Å². The fourth-order valence-corrected chi connectivity index (χ4v) is 2.58. The molecular weight excluding hydrogens is 533 g/mol. The molecule has 0 saturated carbocycles. The molecule has 0 aliphatic heterocycles. The average Bonchev–Trinajstić information content (AvgIpc) is 2.70. The molecule has 1 unspecified atom stereocenters. The van der Waals surface area contributed by atoms with E-state index in [-0.39, 0.29) is 13.0 Å². The van der Waals surface area contributed by atoms with E-state index in [4.69, 9.17) is 4.74 Å². The van der Waals surface area contributed by atoms with Crippen LogP contribution in [0.4, 0.5) is 65.9 Å². The third kappa shape index (κ3) is 4.96. The normalized spacial score (nSPS) is 15.8. The molecule has 35 heavy (non-hydrogen) atoms. The predicted octanol–water partition coefficient (Wildman–Crippen LogP) is 7.27. The summed E-state index contributed by atoms with van der Waals surface area (Å²) in [6.45, 7) is 1.41. The van der Waals surface area contributed by atoms with Crippen molar-refractivity contribution in [2.24, 2.45) is 0 Å². The van der Waals surface area contributed by atoms with Crippen LogP contribution in [-0.2, 0) is 0 Å². The lowest BCUT2D eigenvalue weighted by molar-refractivity contribution is -0.453. The van der Waals surface area contributed by atoms with E-state index in [0.717, 1.165) is 18.2 Å². The fourth-order valence-electron chi connectivity index (χ4n) is 2.58. The van der Waals surface area contributed by atoms with Crippen LogP contribution in [0, 0.1) is 0 Å². The highest BCUT2D eigenvalue weighted by molar-refractivity contribution is 5.35.